The standard InChI is InChI=1S/C19H18ClN3O2S/c1-10(2)18(24)23-15-7-5-13(9-14(15)20)22-19(25)12-4-6-16-17(8-12)26-11(3)21-16/h4-10H,1-3H3,(H,22,25)(H,23,24). The van der Waals surface area contributed by atoms with Crippen molar-refractivity contribution in [2.75, 3.05) is 10.6 Å². The number of fused-ring (bicyclic) bond motifs is 1. The summed E-state index contributed by atoms with van der Waals surface area (Å²) in [6.45, 7) is 5.55. The third-order valence-corrected chi connectivity index (χ3v) is 5.01. The van der Waals surface area contributed by atoms with Gasteiger partial charge in [-0.1, -0.05) is 25.4 Å². The number of benzene rings is 2. The Morgan fingerprint density at radius 1 is 1.12 bits per heavy atom. The number of carbonyl (C=O) groups is 2. The van der Waals surface area contributed by atoms with Gasteiger partial charge in [-0.2, -0.15) is 0 Å². The molecular formula is C19H18ClN3O2S. The maximum atomic E-state index is 12.5. The molecule has 1 heterocycles. The van der Waals surface area contributed by atoms with Crippen LogP contribution in [-0.4, -0.2) is 16.8 Å². The van der Waals surface area contributed by atoms with Gasteiger partial charge in [0.15, 0.2) is 0 Å². The van der Waals surface area contributed by atoms with Crippen molar-refractivity contribution in [1.82, 2.24) is 4.98 Å². The number of anilines is 2. The van der Waals surface area contributed by atoms with Gasteiger partial charge in [0.1, 0.15) is 0 Å². The van der Waals surface area contributed by atoms with Crippen molar-refractivity contribution in [3.63, 3.8) is 0 Å². The van der Waals surface area contributed by atoms with Crippen LogP contribution in [0.2, 0.25) is 5.02 Å². The Balaban J connectivity index is 1.76. The summed E-state index contributed by atoms with van der Waals surface area (Å²) in [4.78, 5) is 28.7. The number of thiazole rings is 1. The summed E-state index contributed by atoms with van der Waals surface area (Å²) in [7, 11) is 0. The van der Waals surface area contributed by atoms with Crippen LogP contribution in [0.5, 0.6) is 0 Å². The first kappa shape index (κ1) is 18.4. The number of hydrogen-bond acceptors (Lipinski definition) is 4. The molecule has 1 aromatic heterocycles. The van der Waals surface area contributed by atoms with Crippen molar-refractivity contribution in [2.45, 2.75) is 20.8 Å². The van der Waals surface area contributed by atoms with Crippen LogP contribution in [0.25, 0.3) is 10.2 Å². The molecule has 2 aromatic carbocycles. The van der Waals surface area contributed by atoms with Crippen LogP contribution in [0.3, 0.4) is 0 Å². The van der Waals surface area contributed by atoms with E-state index in [1.165, 1.54) is 0 Å². The van der Waals surface area contributed by atoms with Crippen molar-refractivity contribution in [1.29, 1.82) is 0 Å². The minimum atomic E-state index is -0.229. The highest BCUT2D eigenvalue weighted by atomic mass is 35.5. The van der Waals surface area contributed by atoms with Gasteiger partial charge >= 0.3 is 0 Å². The number of nitrogens with one attached hydrogen (secondary N) is 2. The lowest BCUT2D eigenvalue weighted by molar-refractivity contribution is -0.118. The minimum absolute atomic E-state index is 0.114. The van der Waals surface area contributed by atoms with E-state index in [0.29, 0.717) is 22.0 Å². The van der Waals surface area contributed by atoms with Gasteiger partial charge in [0.25, 0.3) is 5.91 Å². The molecule has 5 nitrogen and oxygen atoms in total. The molecule has 7 heteroatoms. The first-order valence-electron chi connectivity index (χ1n) is 8.12. The summed E-state index contributed by atoms with van der Waals surface area (Å²) in [5, 5.41) is 6.90. The fourth-order valence-electron chi connectivity index (χ4n) is 2.36. The van der Waals surface area contributed by atoms with Crippen LogP contribution in [0.15, 0.2) is 36.4 Å². The number of rotatable bonds is 4. The SMILES string of the molecule is Cc1nc2ccc(C(=O)Nc3ccc(NC(=O)C(C)C)c(Cl)c3)cc2s1. The van der Waals surface area contributed by atoms with Crippen LogP contribution >= 0.6 is 22.9 Å². The van der Waals surface area contributed by atoms with E-state index in [0.717, 1.165) is 15.2 Å². The Morgan fingerprint density at radius 3 is 2.58 bits per heavy atom. The number of aryl methyl sites for hydroxylation is 1. The topological polar surface area (TPSA) is 71.1 Å². The smallest absolute Gasteiger partial charge is 0.255 e. The second-order valence-corrected chi connectivity index (χ2v) is 7.85. The van der Waals surface area contributed by atoms with E-state index in [9.17, 15) is 9.59 Å². The number of amides is 2. The second kappa shape index (κ2) is 7.43. The van der Waals surface area contributed by atoms with Crippen molar-refractivity contribution in [2.24, 2.45) is 5.92 Å². The molecule has 0 radical (unpaired) electrons. The number of hydrogen-bond donors (Lipinski definition) is 2. The quantitative estimate of drug-likeness (QED) is 0.653. The molecule has 134 valence electrons. The summed E-state index contributed by atoms with van der Waals surface area (Å²) in [5.74, 6) is -0.486. The first-order chi connectivity index (χ1) is 12.3. The van der Waals surface area contributed by atoms with Crippen molar-refractivity contribution in [3.05, 3.63) is 52.0 Å². The number of nitrogens with zero attached hydrogens (tertiary/aromatic N) is 1. The maximum absolute atomic E-state index is 12.5. The normalized spacial score (nSPS) is 11.0. The number of carbonyl (C=O) groups excluding carboxylic acids is 2. The molecule has 0 saturated heterocycles. The van der Waals surface area contributed by atoms with Gasteiger partial charge in [0.2, 0.25) is 5.91 Å². The molecule has 0 atom stereocenters. The van der Waals surface area contributed by atoms with Gasteiger partial charge in [0, 0.05) is 17.2 Å². The van der Waals surface area contributed by atoms with E-state index in [1.807, 2.05) is 19.1 Å². The van der Waals surface area contributed by atoms with Crippen molar-refractivity contribution < 1.29 is 9.59 Å². The molecule has 0 spiro atoms. The average molecular weight is 388 g/mol. The zero-order valence-corrected chi connectivity index (χ0v) is 16.2. The monoisotopic (exact) mass is 387 g/mol. The van der Waals surface area contributed by atoms with E-state index in [-0.39, 0.29) is 17.7 Å². The summed E-state index contributed by atoms with van der Waals surface area (Å²) in [6, 6.07) is 10.4. The predicted octanol–water partition coefficient (Wildman–Crippen LogP) is 5.10. The molecule has 0 unspecified atom stereocenters. The molecule has 0 bridgehead atoms. The minimum Gasteiger partial charge on any atom is -0.325 e. The molecule has 0 saturated carbocycles. The lowest BCUT2D eigenvalue weighted by Crippen LogP contribution is -2.18. The van der Waals surface area contributed by atoms with E-state index < -0.39 is 0 Å². The van der Waals surface area contributed by atoms with E-state index >= 15 is 0 Å². The average Bonchev–Trinajstić information content (AvgIpc) is 2.96. The highest BCUT2D eigenvalue weighted by molar-refractivity contribution is 7.18. The molecular weight excluding hydrogens is 370 g/mol. The molecule has 2 amide bonds. The molecule has 0 aliphatic carbocycles. The van der Waals surface area contributed by atoms with E-state index in [4.69, 9.17) is 11.6 Å². The Morgan fingerprint density at radius 2 is 1.88 bits per heavy atom. The van der Waals surface area contributed by atoms with Crippen molar-refractivity contribution in [3.8, 4) is 0 Å². The highest BCUT2D eigenvalue weighted by Crippen LogP contribution is 2.27. The molecule has 26 heavy (non-hydrogen) atoms. The zero-order chi connectivity index (χ0) is 18.8. The molecule has 2 N–H and O–H groups in total. The summed E-state index contributed by atoms with van der Waals surface area (Å²) >= 11 is 7.77. The van der Waals surface area contributed by atoms with E-state index in [1.54, 1.807) is 49.4 Å². The largest absolute Gasteiger partial charge is 0.325 e. The van der Waals surface area contributed by atoms with E-state index in [2.05, 4.69) is 15.6 Å². The van der Waals surface area contributed by atoms with Crippen LogP contribution in [0.1, 0.15) is 29.2 Å². The van der Waals surface area contributed by atoms with Gasteiger partial charge in [0.05, 0.1) is 25.9 Å². The fourth-order valence-corrected chi connectivity index (χ4v) is 3.45. The van der Waals surface area contributed by atoms with Crippen LogP contribution in [-0.2, 0) is 4.79 Å². The Bertz CT molecular complexity index is 998. The third-order valence-electron chi connectivity index (χ3n) is 3.77. The van der Waals surface area contributed by atoms with Gasteiger partial charge in [-0.3, -0.25) is 9.59 Å². The Hall–Kier alpha value is -2.44. The lowest BCUT2D eigenvalue weighted by atomic mass is 10.2. The molecule has 0 aliphatic rings. The van der Waals surface area contributed by atoms with Crippen LogP contribution in [0.4, 0.5) is 11.4 Å². The Labute approximate surface area is 160 Å². The first-order valence-corrected chi connectivity index (χ1v) is 9.32. The molecule has 0 fully saturated rings. The fraction of sp³-hybridized carbons (Fsp3) is 0.211. The number of halogens is 1. The van der Waals surface area contributed by atoms with Crippen LogP contribution < -0.4 is 10.6 Å². The predicted molar refractivity (Wildman–Crippen MR) is 107 cm³/mol. The third kappa shape index (κ3) is 4.03. The number of aromatic nitrogens is 1. The second-order valence-electron chi connectivity index (χ2n) is 6.21. The maximum Gasteiger partial charge on any atom is 0.255 e. The zero-order valence-electron chi connectivity index (χ0n) is 14.6. The Kier molecular flexibility index (Phi) is 5.25. The van der Waals surface area contributed by atoms with Gasteiger partial charge in [-0.15, -0.1) is 11.3 Å². The van der Waals surface area contributed by atoms with Gasteiger partial charge in [-0.05, 0) is 43.3 Å². The molecule has 0 aliphatic heterocycles. The summed E-state index contributed by atoms with van der Waals surface area (Å²) in [6.07, 6.45) is 0. The van der Waals surface area contributed by atoms with Crippen molar-refractivity contribution >= 4 is 56.3 Å². The van der Waals surface area contributed by atoms with Crippen LogP contribution in [0, 0.1) is 12.8 Å². The summed E-state index contributed by atoms with van der Waals surface area (Å²) < 4.78 is 0.972. The van der Waals surface area contributed by atoms with Gasteiger partial charge < -0.3 is 10.6 Å². The molecule has 3 aromatic rings. The molecule has 3 rings (SSSR count). The summed E-state index contributed by atoms with van der Waals surface area (Å²) in [5.41, 5.74) is 2.51. The lowest BCUT2D eigenvalue weighted by Gasteiger charge is -2.11. The van der Waals surface area contributed by atoms with Gasteiger partial charge in [-0.25, -0.2) is 4.98 Å². The highest BCUT2D eigenvalue weighted by Gasteiger charge is 2.12.